The highest BCUT2D eigenvalue weighted by Crippen LogP contribution is 2.60. The van der Waals surface area contributed by atoms with Crippen LogP contribution >= 0.6 is 7.60 Å². The van der Waals surface area contributed by atoms with E-state index >= 15 is 0 Å². The van der Waals surface area contributed by atoms with Crippen molar-refractivity contribution >= 4 is 13.3 Å². The van der Waals surface area contributed by atoms with Crippen LogP contribution in [0.3, 0.4) is 0 Å². The van der Waals surface area contributed by atoms with Gasteiger partial charge in [-0.25, -0.2) is 0 Å². The molecule has 0 aliphatic carbocycles. The fourth-order valence-electron chi connectivity index (χ4n) is 2.06. The van der Waals surface area contributed by atoms with Crippen molar-refractivity contribution in [2.24, 2.45) is 0 Å². The molecule has 0 saturated carbocycles. The van der Waals surface area contributed by atoms with E-state index in [0.717, 1.165) is 0 Å². The third kappa shape index (κ3) is 4.20. The molecule has 0 bridgehead atoms. The van der Waals surface area contributed by atoms with Gasteiger partial charge >= 0.3 is 7.60 Å². The minimum atomic E-state index is -3.77. The first-order chi connectivity index (χ1) is 11.1. The molecule has 2 rings (SSSR count). The highest BCUT2D eigenvalue weighted by Gasteiger charge is 2.36. The molecule has 118 valence electrons. The average Bonchev–Trinajstić information content (AvgIpc) is 2.57. The normalized spacial score (nSPS) is 14.9. The highest BCUT2D eigenvalue weighted by atomic mass is 31.2. The Bertz CT molecular complexity index is 643. The lowest BCUT2D eigenvalue weighted by atomic mass is 10.2. The maximum atomic E-state index is 13.3. The topological polar surface area (TPSA) is 47.6 Å². The molecule has 0 aromatic heterocycles. The van der Waals surface area contributed by atoms with Gasteiger partial charge in [-0.05, 0) is 31.5 Å². The molecule has 0 fully saturated rings. The van der Waals surface area contributed by atoms with Crippen molar-refractivity contribution in [1.29, 1.82) is 0 Å². The first kappa shape index (κ1) is 15.3. The van der Waals surface area contributed by atoms with Crippen LogP contribution in [-0.4, -0.2) is 13.2 Å². The number of rotatable bonds is 8. The van der Waals surface area contributed by atoms with E-state index in [1.54, 1.807) is 38.1 Å². The van der Waals surface area contributed by atoms with Crippen LogP contribution in [-0.2, 0) is 13.6 Å². The number of para-hydroxylation sites is 1. The lowest BCUT2D eigenvalue weighted by molar-refractivity contribution is 0.214. The van der Waals surface area contributed by atoms with Crippen LogP contribution in [0.25, 0.3) is 0 Å². The quantitative estimate of drug-likeness (QED) is 0.690. The fourth-order valence-corrected chi connectivity index (χ4v) is 3.80. The Morgan fingerprint density at radius 1 is 1.00 bits per heavy atom. The maximum Gasteiger partial charge on any atom is 0.357 e. The second kappa shape index (κ2) is 8.14. The third-order valence-corrected chi connectivity index (χ3v) is 5.07. The summed E-state index contributed by atoms with van der Waals surface area (Å²) < 4.78 is 33.2. The SMILES string of the molecule is [2H]C(Nc1ccccc1)(c1ccccc1)P(=O)(OCC)OCC. The van der Waals surface area contributed by atoms with Gasteiger partial charge in [0.05, 0.1) is 14.6 Å². The van der Waals surface area contributed by atoms with Gasteiger partial charge in [-0.2, -0.15) is 0 Å². The molecular weight excluding hydrogens is 297 g/mol. The Kier molecular flexibility index (Phi) is 5.66. The largest absolute Gasteiger partial charge is 0.368 e. The van der Waals surface area contributed by atoms with Crippen LogP contribution in [0, 0.1) is 0 Å². The van der Waals surface area contributed by atoms with Crippen LogP contribution < -0.4 is 5.32 Å². The van der Waals surface area contributed by atoms with Gasteiger partial charge in [-0.3, -0.25) is 4.57 Å². The van der Waals surface area contributed by atoms with E-state index in [2.05, 4.69) is 5.32 Å². The highest BCUT2D eigenvalue weighted by molar-refractivity contribution is 7.54. The van der Waals surface area contributed by atoms with Gasteiger partial charge in [-0.15, -0.1) is 0 Å². The smallest absolute Gasteiger partial charge is 0.357 e. The predicted octanol–water partition coefficient (Wildman–Crippen LogP) is 5.06. The molecule has 0 spiro atoms. The summed E-state index contributed by atoms with van der Waals surface area (Å²) in [7, 11) is -3.77. The molecule has 1 unspecified atom stereocenters. The Morgan fingerprint density at radius 3 is 2.00 bits per heavy atom. The maximum absolute atomic E-state index is 13.3. The zero-order valence-electron chi connectivity index (χ0n) is 13.9. The summed E-state index contributed by atoms with van der Waals surface area (Å²) >= 11 is 0. The zero-order valence-corrected chi connectivity index (χ0v) is 13.8. The molecule has 2 aromatic rings. The summed E-state index contributed by atoms with van der Waals surface area (Å²) in [6, 6.07) is 18.1. The average molecular weight is 320 g/mol. The third-order valence-electron chi connectivity index (χ3n) is 2.96. The van der Waals surface area contributed by atoms with Crippen molar-refractivity contribution in [3.05, 3.63) is 66.2 Å². The predicted molar refractivity (Wildman–Crippen MR) is 90.1 cm³/mol. The second-order valence-electron chi connectivity index (χ2n) is 4.54. The molecule has 22 heavy (non-hydrogen) atoms. The Balaban J connectivity index is 2.52. The number of benzene rings is 2. The molecule has 2 aromatic carbocycles. The van der Waals surface area contributed by atoms with E-state index in [-0.39, 0.29) is 13.2 Å². The van der Waals surface area contributed by atoms with Crippen molar-refractivity contribution in [2.45, 2.75) is 19.6 Å². The molecule has 1 N–H and O–H groups in total. The van der Waals surface area contributed by atoms with Gasteiger partial charge in [0.25, 0.3) is 0 Å². The minimum absolute atomic E-state index is 0.196. The van der Waals surface area contributed by atoms with Crippen LogP contribution in [0.15, 0.2) is 60.7 Å². The monoisotopic (exact) mass is 320 g/mol. The van der Waals surface area contributed by atoms with E-state index < -0.39 is 13.4 Å². The molecule has 5 heteroatoms. The lowest BCUT2D eigenvalue weighted by Crippen LogP contribution is -2.15. The van der Waals surface area contributed by atoms with Crippen LogP contribution in [0.2, 0.25) is 0 Å². The van der Waals surface area contributed by atoms with Gasteiger partial charge in [0.1, 0.15) is 0 Å². The van der Waals surface area contributed by atoms with Crippen molar-refractivity contribution in [1.82, 2.24) is 0 Å². The van der Waals surface area contributed by atoms with Gasteiger partial charge in [-0.1, -0.05) is 48.5 Å². The number of nitrogens with one attached hydrogen (secondary N) is 1. The molecule has 0 aliphatic heterocycles. The van der Waals surface area contributed by atoms with Gasteiger partial charge < -0.3 is 14.4 Å². The molecule has 0 aliphatic rings. The van der Waals surface area contributed by atoms with Crippen molar-refractivity contribution in [3.63, 3.8) is 0 Å². The van der Waals surface area contributed by atoms with Gasteiger partial charge in [0.2, 0.25) is 0 Å². The number of hydrogen-bond acceptors (Lipinski definition) is 4. The lowest BCUT2D eigenvalue weighted by Gasteiger charge is -2.28. The first-order valence-corrected chi connectivity index (χ1v) is 8.88. The standard InChI is InChI=1S/C17H22NO3P/c1-3-20-22(19,21-4-2)17(15-11-7-5-8-12-15)18-16-13-9-6-10-14-16/h5-14,17-18H,3-4H2,1-2H3/i17D. The van der Waals surface area contributed by atoms with Gasteiger partial charge in [0.15, 0.2) is 5.76 Å². The molecule has 0 heterocycles. The van der Waals surface area contributed by atoms with E-state index in [1.807, 2.05) is 36.4 Å². The second-order valence-corrected chi connectivity index (χ2v) is 6.50. The van der Waals surface area contributed by atoms with E-state index in [0.29, 0.717) is 11.3 Å². The number of hydrogen-bond donors (Lipinski definition) is 1. The zero-order chi connectivity index (χ0) is 16.8. The summed E-state index contributed by atoms with van der Waals surface area (Å²) in [6.07, 6.45) is 0. The molecule has 0 amide bonds. The Hall–Kier alpha value is -1.61. The first-order valence-electron chi connectivity index (χ1n) is 7.83. The van der Waals surface area contributed by atoms with Gasteiger partial charge in [0, 0.05) is 5.69 Å². The van der Waals surface area contributed by atoms with Crippen molar-refractivity contribution < 1.29 is 15.0 Å². The van der Waals surface area contributed by atoms with E-state index in [4.69, 9.17) is 10.4 Å². The van der Waals surface area contributed by atoms with E-state index in [9.17, 15) is 4.57 Å². The van der Waals surface area contributed by atoms with Crippen molar-refractivity contribution in [3.8, 4) is 0 Å². The Morgan fingerprint density at radius 2 is 1.50 bits per heavy atom. The summed E-state index contributed by atoms with van der Waals surface area (Å²) in [4.78, 5) is 0. The van der Waals surface area contributed by atoms with Crippen LogP contribution in [0.1, 0.15) is 26.5 Å². The number of anilines is 1. The summed E-state index contributed by atoms with van der Waals surface area (Å²) in [5.74, 6) is -1.73. The van der Waals surface area contributed by atoms with Crippen molar-refractivity contribution in [2.75, 3.05) is 18.5 Å². The minimum Gasteiger partial charge on any atom is -0.368 e. The molecule has 1 atom stereocenters. The fraction of sp³-hybridized carbons (Fsp3) is 0.294. The molecule has 0 radical (unpaired) electrons. The molecule has 4 nitrogen and oxygen atoms in total. The van der Waals surface area contributed by atoms with Crippen LogP contribution in [0.5, 0.6) is 0 Å². The molecular formula is C17H22NO3P. The summed E-state index contributed by atoms with van der Waals surface area (Å²) in [6.45, 7) is 3.86. The summed E-state index contributed by atoms with van der Waals surface area (Å²) in [5.41, 5.74) is 1.19. The summed E-state index contributed by atoms with van der Waals surface area (Å²) in [5, 5.41) is 3.04. The Labute approximate surface area is 133 Å². The molecule has 0 saturated heterocycles. The van der Waals surface area contributed by atoms with E-state index in [1.165, 1.54) is 0 Å². The van der Waals surface area contributed by atoms with Crippen LogP contribution in [0.4, 0.5) is 5.69 Å².